The van der Waals surface area contributed by atoms with Gasteiger partial charge in [0.05, 0.1) is 0 Å². The van der Waals surface area contributed by atoms with Crippen LogP contribution < -0.4 is 15.2 Å². The van der Waals surface area contributed by atoms with Gasteiger partial charge in [0.2, 0.25) is 10.0 Å². The molecule has 110 valence electrons. The Bertz CT molecular complexity index is 508. The van der Waals surface area contributed by atoms with Crippen molar-refractivity contribution < 1.29 is 26.3 Å². The molecule has 0 amide bonds. The molecular formula is C9H12ClF3N2O3S. The van der Waals surface area contributed by atoms with E-state index in [9.17, 15) is 21.6 Å². The number of para-hydroxylation sites is 1. The molecule has 0 aliphatic carbocycles. The quantitative estimate of drug-likeness (QED) is 0.855. The van der Waals surface area contributed by atoms with Crippen LogP contribution in [0.3, 0.4) is 0 Å². The second kappa shape index (κ2) is 6.94. The number of nitrogens with two attached hydrogens (primary N) is 1. The smallest absolute Gasteiger partial charge is 0.404 e. The van der Waals surface area contributed by atoms with Crippen LogP contribution in [-0.2, 0) is 10.0 Å². The molecule has 5 nitrogen and oxygen atoms in total. The topological polar surface area (TPSA) is 81.4 Å². The van der Waals surface area contributed by atoms with Gasteiger partial charge in [-0.05, 0) is 12.1 Å². The lowest BCUT2D eigenvalue weighted by Gasteiger charge is -2.13. The van der Waals surface area contributed by atoms with Gasteiger partial charge in [-0.1, -0.05) is 12.1 Å². The Labute approximate surface area is 114 Å². The number of hydrogen-bond acceptors (Lipinski definition) is 4. The number of benzene rings is 1. The maximum Gasteiger partial charge on any atom is 0.573 e. The number of ether oxygens (including phenoxy) is 1. The lowest BCUT2D eigenvalue weighted by Crippen LogP contribution is -2.30. The third-order valence-electron chi connectivity index (χ3n) is 1.80. The maximum absolute atomic E-state index is 12.1. The summed E-state index contributed by atoms with van der Waals surface area (Å²) in [5, 5.41) is 0. The fourth-order valence-corrected chi connectivity index (χ4v) is 2.33. The first-order valence-electron chi connectivity index (χ1n) is 4.81. The fraction of sp³-hybridized carbons (Fsp3) is 0.333. The molecule has 0 heterocycles. The van der Waals surface area contributed by atoms with Crippen LogP contribution in [0.15, 0.2) is 29.2 Å². The summed E-state index contributed by atoms with van der Waals surface area (Å²) < 4.78 is 65.4. The van der Waals surface area contributed by atoms with Gasteiger partial charge in [-0.15, -0.1) is 25.6 Å². The number of halogens is 4. The van der Waals surface area contributed by atoms with Crippen molar-refractivity contribution in [2.45, 2.75) is 11.3 Å². The summed E-state index contributed by atoms with van der Waals surface area (Å²) in [5.74, 6) is -0.783. The number of rotatable bonds is 5. The summed E-state index contributed by atoms with van der Waals surface area (Å²) in [4.78, 5) is -0.587. The van der Waals surface area contributed by atoms with E-state index in [0.29, 0.717) is 0 Å². The molecular weight excluding hydrogens is 309 g/mol. The largest absolute Gasteiger partial charge is 0.573 e. The van der Waals surface area contributed by atoms with Crippen molar-refractivity contribution in [2.75, 3.05) is 13.1 Å². The highest BCUT2D eigenvalue weighted by Gasteiger charge is 2.33. The van der Waals surface area contributed by atoms with Crippen molar-refractivity contribution in [3.05, 3.63) is 24.3 Å². The van der Waals surface area contributed by atoms with Crippen LogP contribution in [0.1, 0.15) is 0 Å². The molecule has 1 rings (SSSR count). The Morgan fingerprint density at radius 1 is 1.26 bits per heavy atom. The van der Waals surface area contributed by atoms with Crippen molar-refractivity contribution in [1.82, 2.24) is 4.72 Å². The Balaban J connectivity index is 0.00000324. The van der Waals surface area contributed by atoms with Gasteiger partial charge in [0.15, 0.2) is 0 Å². The normalized spacial score (nSPS) is 11.8. The van der Waals surface area contributed by atoms with Gasteiger partial charge in [0.1, 0.15) is 10.6 Å². The predicted octanol–water partition coefficient (Wildman–Crippen LogP) is 1.24. The monoisotopic (exact) mass is 320 g/mol. The van der Waals surface area contributed by atoms with E-state index in [-0.39, 0.29) is 25.5 Å². The molecule has 0 fully saturated rings. The highest BCUT2D eigenvalue weighted by Crippen LogP contribution is 2.28. The van der Waals surface area contributed by atoms with Gasteiger partial charge in [0.25, 0.3) is 0 Å². The van der Waals surface area contributed by atoms with Crippen LogP contribution in [0, 0.1) is 0 Å². The molecule has 1 aromatic rings. The summed E-state index contributed by atoms with van der Waals surface area (Å²) >= 11 is 0. The second-order valence-corrected chi connectivity index (χ2v) is 4.92. The molecule has 0 bridgehead atoms. The van der Waals surface area contributed by atoms with E-state index in [1.54, 1.807) is 0 Å². The molecule has 19 heavy (non-hydrogen) atoms. The molecule has 3 N–H and O–H groups in total. The molecule has 0 saturated carbocycles. The first kappa shape index (κ1) is 18.0. The van der Waals surface area contributed by atoms with Crippen molar-refractivity contribution in [1.29, 1.82) is 0 Å². The average Bonchev–Trinajstić information content (AvgIpc) is 2.25. The van der Waals surface area contributed by atoms with Gasteiger partial charge in [-0.25, -0.2) is 13.1 Å². The minimum atomic E-state index is -4.96. The lowest BCUT2D eigenvalue weighted by atomic mass is 10.3. The first-order chi connectivity index (χ1) is 8.26. The van der Waals surface area contributed by atoms with Gasteiger partial charge in [0, 0.05) is 13.1 Å². The van der Waals surface area contributed by atoms with Crippen LogP contribution in [0.5, 0.6) is 5.75 Å². The van der Waals surface area contributed by atoms with Crippen LogP contribution in [-0.4, -0.2) is 27.9 Å². The average molecular weight is 321 g/mol. The first-order valence-corrected chi connectivity index (χ1v) is 6.29. The molecule has 10 heteroatoms. The van der Waals surface area contributed by atoms with E-state index >= 15 is 0 Å². The molecule has 0 radical (unpaired) electrons. The Morgan fingerprint density at radius 2 is 1.84 bits per heavy atom. The summed E-state index contributed by atoms with van der Waals surface area (Å²) in [6.45, 7) is -0.0514. The zero-order valence-corrected chi connectivity index (χ0v) is 11.1. The minimum absolute atomic E-state index is 0. The van der Waals surface area contributed by atoms with Crippen LogP contribution >= 0.6 is 12.4 Å². The van der Waals surface area contributed by atoms with E-state index in [2.05, 4.69) is 9.46 Å². The maximum atomic E-state index is 12.1. The van der Waals surface area contributed by atoms with Crippen LogP contribution in [0.2, 0.25) is 0 Å². The summed E-state index contributed by atoms with van der Waals surface area (Å²) in [6.07, 6.45) is -4.96. The zero-order chi connectivity index (χ0) is 13.8. The third-order valence-corrected chi connectivity index (χ3v) is 3.30. The molecule has 0 unspecified atom stereocenters. The van der Waals surface area contributed by atoms with Gasteiger partial charge in [-0.3, -0.25) is 0 Å². The molecule has 0 spiro atoms. The SMILES string of the molecule is Cl.NCCNS(=O)(=O)c1ccccc1OC(F)(F)F. The van der Waals surface area contributed by atoms with E-state index in [1.165, 1.54) is 12.1 Å². The molecule has 1 aromatic carbocycles. The van der Waals surface area contributed by atoms with E-state index < -0.39 is 27.0 Å². The number of nitrogens with one attached hydrogen (secondary N) is 1. The van der Waals surface area contributed by atoms with Gasteiger partial charge < -0.3 is 10.5 Å². The van der Waals surface area contributed by atoms with Gasteiger partial charge >= 0.3 is 6.36 Å². The lowest BCUT2D eigenvalue weighted by molar-refractivity contribution is -0.275. The number of hydrogen-bond donors (Lipinski definition) is 2. The van der Waals surface area contributed by atoms with Gasteiger partial charge in [-0.2, -0.15) is 0 Å². The molecule has 0 aliphatic heterocycles. The molecule has 0 atom stereocenters. The standard InChI is InChI=1S/C9H11F3N2O3S.ClH/c10-9(11,12)17-7-3-1-2-4-8(7)18(15,16)14-6-5-13;/h1-4,14H,5-6,13H2;1H. The minimum Gasteiger partial charge on any atom is -0.404 e. The zero-order valence-electron chi connectivity index (χ0n) is 9.48. The fourth-order valence-electron chi connectivity index (χ4n) is 1.15. The van der Waals surface area contributed by atoms with Crippen molar-refractivity contribution in [2.24, 2.45) is 5.73 Å². The van der Waals surface area contributed by atoms with E-state index in [0.717, 1.165) is 12.1 Å². The highest BCUT2D eigenvalue weighted by molar-refractivity contribution is 7.89. The van der Waals surface area contributed by atoms with Crippen molar-refractivity contribution >= 4 is 22.4 Å². The highest BCUT2D eigenvalue weighted by atomic mass is 35.5. The second-order valence-electron chi connectivity index (χ2n) is 3.18. The van der Waals surface area contributed by atoms with Crippen LogP contribution in [0.25, 0.3) is 0 Å². The summed E-state index contributed by atoms with van der Waals surface area (Å²) in [5.41, 5.74) is 5.12. The summed E-state index contributed by atoms with van der Waals surface area (Å²) in [7, 11) is -4.08. The Kier molecular flexibility index (Phi) is 6.57. The predicted molar refractivity (Wildman–Crippen MR) is 64.6 cm³/mol. The number of alkyl halides is 3. The van der Waals surface area contributed by atoms with E-state index in [1.807, 2.05) is 0 Å². The van der Waals surface area contributed by atoms with Crippen molar-refractivity contribution in [3.8, 4) is 5.75 Å². The summed E-state index contributed by atoms with van der Waals surface area (Å²) in [6, 6.07) is 4.47. The third kappa shape index (κ3) is 5.64. The Morgan fingerprint density at radius 3 is 2.37 bits per heavy atom. The molecule has 0 aromatic heterocycles. The number of sulfonamides is 1. The Hall–Kier alpha value is -1.03. The van der Waals surface area contributed by atoms with Crippen LogP contribution in [0.4, 0.5) is 13.2 Å². The van der Waals surface area contributed by atoms with Crippen molar-refractivity contribution in [3.63, 3.8) is 0 Å². The molecule has 0 saturated heterocycles. The van der Waals surface area contributed by atoms with E-state index in [4.69, 9.17) is 5.73 Å². The molecule has 0 aliphatic rings.